The second kappa shape index (κ2) is 6.53. The summed E-state index contributed by atoms with van der Waals surface area (Å²) in [5.41, 5.74) is 0. The van der Waals surface area contributed by atoms with Gasteiger partial charge in [-0.25, -0.2) is 4.98 Å². The Bertz CT molecular complexity index is 536. The molecule has 2 heterocycles. The minimum Gasteiger partial charge on any atom is -0.354 e. The van der Waals surface area contributed by atoms with Crippen LogP contribution in [0.3, 0.4) is 0 Å². The van der Waals surface area contributed by atoms with Gasteiger partial charge in [-0.2, -0.15) is 0 Å². The largest absolute Gasteiger partial charge is 0.354 e. The number of aromatic nitrogens is 1. The number of amides is 1. The van der Waals surface area contributed by atoms with Crippen molar-refractivity contribution in [3.63, 3.8) is 0 Å². The molecule has 2 aliphatic rings. The third kappa shape index (κ3) is 3.51. The average molecular weight is 373 g/mol. The normalized spacial score (nSPS) is 22.8. The van der Waals surface area contributed by atoms with E-state index in [1.165, 1.54) is 6.42 Å². The monoisotopic (exact) mass is 371 g/mol. The van der Waals surface area contributed by atoms with Crippen molar-refractivity contribution in [1.29, 1.82) is 0 Å². The Morgan fingerprint density at radius 3 is 2.86 bits per heavy atom. The van der Waals surface area contributed by atoms with Crippen molar-refractivity contribution in [1.82, 2.24) is 10.3 Å². The van der Waals surface area contributed by atoms with E-state index in [9.17, 15) is 4.79 Å². The Morgan fingerprint density at radius 2 is 2.19 bits per heavy atom. The molecule has 1 aromatic rings. The maximum Gasteiger partial charge on any atom is 0.223 e. The zero-order valence-electron chi connectivity index (χ0n) is 11.8. The molecule has 0 spiro atoms. The number of piperidine rings is 1. The van der Waals surface area contributed by atoms with E-state index in [-0.39, 0.29) is 17.9 Å². The molecule has 21 heavy (non-hydrogen) atoms. The molecule has 1 aromatic heterocycles. The van der Waals surface area contributed by atoms with Gasteiger partial charge >= 0.3 is 0 Å². The van der Waals surface area contributed by atoms with Crippen LogP contribution in [-0.2, 0) is 4.79 Å². The minimum absolute atomic E-state index is 0.219. The van der Waals surface area contributed by atoms with Crippen LogP contribution in [0.1, 0.15) is 32.1 Å². The molecule has 1 atom stereocenters. The predicted molar refractivity (Wildman–Crippen MR) is 87.7 cm³/mol. The van der Waals surface area contributed by atoms with E-state index in [4.69, 9.17) is 11.6 Å². The van der Waals surface area contributed by atoms with Crippen LogP contribution in [-0.4, -0.2) is 30.0 Å². The Kier molecular flexibility index (Phi) is 4.69. The van der Waals surface area contributed by atoms with E-state index >= 15 is 0 Å². The molecule has 1 amide bonds. The van der Waals surface area contributed by atoms with E-state index in [0.717, 1.165) is 49.1 Å². The summed E-state index contributed by atoms with van der Waals surface area (Å²) in [5.74, 6) is 1.39. The summed E-state index contributed by atoms with van der Waals surface area (Å²) in [4.78, 5) is 18.7. The summed E-state index contributed by atoms with van der Waals surface area (Å²) in [6, 6.07) is 2.08. The van der Waals surface area contributed by atoms with Gasteiger partial charge < -0.3 is 10.2 Å². The Morgan fingerprint density at radius 1 is 1.38 bits per heavy atom. The first-order chi connectivity index (χ1) is 10.1. The van der Waals surface area contributed by atoms with Crippen molar-refractivity contribution in [2.45, 2.75) is 38.1 Å². The minimum atomic E-state index is 0.219. The number of halogens is 2. The Labute approximate surface area is 138 Å². The van der Waals surface area contributed by atoms with Gasteiger partial charge in [-0.15, -0.1) is 0 Å². The summed E-state index contributed by atoms with van der Waals surface area (Å²) in [7, 11) is 0. The molecule has 2 fully saturated rings. The lowest BCUT2D eigenvalue weighted by molar-refractivity contribution is -0.128. The summed E-state index contributed by atoms with van der Waals surface area (Å²) < 4.78 is 0.904. The van der Waals surface area contributed by atoms with Crippen LogP contribution in [0.2, 0.25) is 5.02 Å². The van der Waals surface area contributed by atoms with Gasteiger partial charge in [0.25, 0.3) is 0 Å². The summed E-state index contributed by atoms with van der Waals surface area (Å²) in [5, 5.41) is 3.82. The molecule has 6 heteroatoms. The van der Waals surface area contributed by atoms with Gasteiger partial charge in [0.1, 0.15) is 5.82 Å². The second-order valence-corrected chi connectivity index (χ2v) is 7.17. The Balaban J connectivity index is 1.63. The third-order valence-corrected chi connectivity index (χ3v) is 5.12. The number of hydrogen-bond donors (Lipinski definition) is 1. The average Bonchev–Trinajstić information content (AvgIpc) is 2.36. The fraction of sp³-hybridized carbons (Fsp3) is 0.600. The van der Waals surface area contributed by atoms with Gasteiger partial charge in [0, 0.05) is 31.2 Å². The van der Waals surface area contributed by atoms with E-state index < -0.39 is 0 Å². The molecule has 1 saturated carbocycles. The highest BCUT2D eigenvalue weighted by molar-refractivity contribution is 9.10. The van der Waals surface area contributed by atoms with Crippen molar-refractivity contribution in [3.05, 3.63) is 21.8 Å². The number of pyridine rings is 1. The van der Waals surface area contributed by atoms with Crippen molar-refractivity contribution in [2.75, 3.05) is 18.0 Å². The summed E-state index contributed by atoms with van der Waals surface area (Å²) >= 11 is 9.46. The van der Waals surface area contributed by atoms with Crippen LogP contribution >= 0.6 is 27.5 Å². The van der Waals surface area contributed by atoms with Crippen LogP contribution in [0.4, 0.5) is 5.82 Å². The molecule has 0 bridgehead atoms. The highest BCUT2D eigenvalue weighted by atomic mass is 79.9. The summed E-state index contributed by atoms with van der Waals surface area (Å²) in [6.45, 7) is 1.77. The molecule has 0 aromatic carbocycles. The SMILES string of the molecule is O=C(NC1CCCN(c2ncc(Cl)cc2Br)C1)C1CCC1. The fourth-order valence-electron chi connectivity index (χ4n) is 2.92. The predicted octanol–water partition coefficient (Wildman–Crippen LogP) is 3.38. The molecule has 1 saturated heterocycles. The number of nitrogens with zero attached hydrogens (tertiary/aromatic N) is 2. The maximum atomic E-state index is 12.1. The van der Waals surface area contributed by atoms with Gasteiger partial charge in [-0.05, 0) is 47.7 Å². The first kappa shape index (κ1) is 15.1. The van der Waals surface area contributed by atoms with Crippen molar-refractivity contribution in [2.24, 2.45) is 5.92 Å². The number of carbonyl (C=O) groups excluding carboxylic acids is 1. The topological polar surface area (TPSA) is 45.2 Å². The van der Waals surface area contributed by atoms with E-state index in [1.54, 1.807) is 6.20 Å². The summed E-state index contributed by atoms with van der Waals surface area (Å²) in [6.07, 6.45) is 7.06. The van der Waals surface area contributed by atoms with Gasteiger partial charge in [0.05, 0.1) is 9.50 Å². The molecule has 3 rings (SSSR count). The number of hydrogen-bond acceptors (Lipinski definition) is 3. The van der Waals surface area contributed by atoms with Crippen molar-refractivity contribution < 1.29 is 4.79 Å². The molecule has 1 aliphatic heterocycles. The van der Waals surface area contributed by atoms with E-state index in [2.05, 4.69) is 31.1 Å². The van der Waals surface area contributed by atoms with Crippen LogP contribution in [0.5, 0.6) is 0 Å². The fourth-order valence-corrected chi connectivity index (χ4v) is 3.81. The standard InChI is InChI=1S/C15H19BrClN3O/c16-13-7-11(17)8-18-14(13)20-6-2-5-12(9-20)19-15(21)10-3-1-4-10/h7-8,10,12H,1-6,9H2,(H,19,21). The molecular weight excluding hydrogens is 354 g/mol. The number of anilines is 1. The molecule has 1 unspecified atom stereocenters. The van der Waals surface area contributed by atoms with Crippen molar-refractivity contribution >= 4 is 39.3 Å². The first-order valence-corrected chi connectivity index (χ1v) is 8.67. The van der Waals surface area contributed by atoms with E-state index in [1.807, 2.05) is 6.07 Å². The highest BCUT2D eigenvalue weighted by Crippen LogP contribution is 2.29. The molecule has 4 nitrogen and oxygen atoms in total. The molecular formula is C15H19BrClN3O. The lowest BCUT2D eigenvalue weighted by Crippen LogP contribution is -2.50. The van der Waals surface area contributed by atoms with Gasteiger partial charge in [0.2, 0.25) is 5.91 Å². The lowest BCUT2D eigenvalue weighted by atomic mass is 9.84. The molecule has 114 valence electrons. The van der Waals surface area contributed by atoms with Crippen LogP contribution < -0.4 is 10.2 Å². The van der Waals surface area contributed by atoms with Crippen LogP contribution in [0, 0.1) is 5.92 Å². The van der Waals surface area contributed by atoms with E-state index in [0.29, 0.717) is 5.02 Å². The number of rotatable bonds is 3. The van der Waals surface area contributed by atoms with Crippen LogP contribution in [0.25, 0.3) is 0 Å². The maximum absolute atomic E-state index is 12.1. The van der Waals surface area contributed by atoms with Crippen molar-refractivity contribution in [3.8, 4) is 0 Å². The lowest BCUT2D eigenvalue weighted by Gasteiger charge is -2.36. The molecule has 1 N–H and O–H groups in total. The zero-order chi connectivity index (χ0) is 14.8. The van der Waals surface area contributed by atoms with Gasteiger partial charge in [-0.3, -0.25) is 4.79 Å². The smallest absolute Gasteiger partial charge is 0.223 e. The quantitative estimate of drug-likeness (QED) is 0.884. The highest BCUT2D eigenvalue weighted by Gasteiger charge is 2.29. The zero-order valence-corrected chi connectivity index (χ0v) is 14.2. The second-order valence-electron chi connectivity index (χ2n) is 5.88. The number of carbonyl (C=O) groups is 1. The van der Waals surface area contributed by atoms with Gasteiger partial charge in [0.15, 0.2) is 0 Å². The first-order valence-electron chi connectivity index (χ1n) is 7.50. The third-order valence-electron chi connectivity index (χ3n) is 4.33. The number of nitrogens with one attached hydrogen (secondary N) is 1. The van der Waals surface area contributed by atoms with Crippen LogP contribution in [0.15, 0.2) is 16.7 Å². The Hall–Kier alpha value is -0.810. The molecule has 1 aliphatic carbocycles. The molecule has 0 radical (unpaired) electrons. The van der Waals surface area contributed by atoms with Gasteiger partial charge in [-0.1, -0.05) is 18.0 Å².